The molecule has 1 aromatic carbocycles. The molecule has 0 atom stereocenters. The number of hydrogen-bond acceptors (Lipinski definition) is 4. The van der Waals surface area contributed by atoms with Crippen molar-refractivity contribution < 1.29 is 9.53 Å². The van der Waals surface area contributed by atoms with Crippen molar-refractivity contribution in [3.63, 3.8) is 0 Å². The minimum Gasteiger partial charge on any atom is -0.463 e. The van der Waals surface area contributed by atoms with Gasteiger partial charge in [0.05, 0.1) is 12.8 Å². The van der Waals surface area contributed by atoms with Crippen LogP contribution in [0.25, 0.3) is 17.3 Å². The number of carbonyl (C=O) groups excluding carboxylic acids is 1. The molecular formula is C21H29N3O2. The van der Waals surface area contributed by atoms with Crippen molar-refractivity contribution in [2.75, 3.05) is 6.61 Å². The Labute approximate surface area is 156 Å². The predicted octanol–water partition coefficient (Wildman–Crippen LogP) is 4.88. The van der Waals surface area contributed by atoms with Crippen LogP contribution in [0.2, 0.25) is 0 Å². The molecule has 0 spiro atoms. The zero-order valence-corrected chi connectivity index (χ0v) is 15.9. The van der Waals surface area contributed by atoms with E-state index >= 15 is 0 Å². The van der Waals surface area contributed by atoms with E-state index in [0.717, 1.165) is 29.8 Å². The van der Waals surface area contributed by atoms with E-state index in [1.807, 2.05) is 35.1 Å². The average Bonchev–Trinajstić information content (AvgIpc) is 3.12. The Hall–Kier alpha value is -2.43. The quantitative estimate of drug-likeness (QED) is 0.327. The molecule has 0 bridgehead atoms. The van der Waals surface area contributed by atoms with Crippen molar-refractivity contribution >= 4 is 12.0 Å². The third-order valence-corrected chi connectivity index (χ3v) is 4.20. The highest BCUT2D eigenvalue weighted by molar-refractivity contribution is 5.88. The topological polar surface area (TPSA) is 57.0 Å². The van der Waals surface area contributed by atoms with Crippen LogP contribution in [-0.2, 0) is 16.1 Å². The van der Waals surface area contributed by atoms with Gasteiger partial charge in [-0.05, 0) is 25.0 Å². The lowest BCUT2D eigenvalue weighted by atomic mass is 10.0. The third kappa shape index (κ3) is 6.47. The van der Waals surface area contributed by atoms with Crippen LogP contribution >= 0.6 is 0 Å². The van der Waals surface area contributed by atoms with E-state index in [2.05, 4.69) is 17.2 Å². The van der Waals surface area contributed by atoms with Gasteiger partial charge in [0.2, 0.25) is 0 Å². The molecule has 5 nitrogen and oxygen atoms in total. The molecule has 0 aliphatic heterocycles. The van der Waals surface area contributed by atoms with Crippen molar-refractivity contribution in [3.8, 4) is 11.3 Å². The third-order valence-electron chi connectivity index (χ3n) is 4.20. The van der Waals surface area contributed by atoms with Gasteiger partial charge in [0.25, 0.3) is 0 Å². The number of esters is 1. The molecule has 0 N–H and O–H groups in total. The van der Waals surface area contributed by atoms with E-state index in [0.29, 0.717) is 6.61 Å². The van der Waals surface area contributed by atoms with Crippen LogP contribution in [0.15, 0.2) is 36.5 Å². The zero-order chi connectivity index (χ0) is 18.6. The fourth-order valence-corrected chi connectivity index (χ4v) is 2.81. The van der Waals surface area contributed by atoms with Gasteiger partial charge in [-0.1, -0.05) is 68.5 Å². The van der Waals surface area contributed by atoms with Gasteiger partial charge < -0.3 is 4.74 Å². The number of aryl methyl sites for hydroxylation is 1. The van der Waals surface area contributed by atoms with E-state index in [4.69, 9.17) is 4.74 Å². The maximum atomic E-state index is 11.5. The van der Waals surface area contributed by atoms with E-state index in [9.17, 15) is 4.79 Å². The summed E-state index contributed by atoms with van der Waals surface area (Å²) in [5.41, 5.74) is 2.70. The lowest BCUT2D eigenvalue weighted by Crippen LogP contribution is -1.98. The van der Waals surface area contributed by atoms with Crippen LogP contribution in [-0.4, -0.2) is 27.6 Å². The fraction of sp³-hybridized carbons (Fsp3) is 0.476. The van der Waals surface area contributed by atoms with Crippen LogP contribution < -0.4 is 0 Å². The summed E-state index contributed by atoms with van der Waals surface area (Å²) in [4.78, 5) is 11.5. The molecule has 26 heavy (non-hydrogen) atoms. The van der Waals surface area contributed by atoms with E-state index in [1.165, 1.54) is 38.2 Å². The van der Waals surface area contributed by atoms with Crippen LogP contribution in [0.4, 0.5) is 0 Å². The van der Waals surface area contributed by atoms with Crippen LogP contribution in [0, 0.1) is 0 Å². The van der Waals surface area contributed by atoms with Crippen LogP contribution in [0.3, 0.4) is 0 Å². The summed E-state index contributed by atoms with van der Waals surface area (Å²) >= 11 is 0. The second kappa shape index (κ2) is 11.2. The summed E-state index contributed by atoms with van der Waals surface area (Å²) in [5.74, 6) is -0.339. The molecule has 140 valence electrons. The van der Waals surface area contributed by atoms with Crippen molar-refractivity contribution in [1.82, 2.24) is 15.0 Å². The number of unbranched alkanes of at least 4 members (excludes halogenated alkanes) is 5. The van der Waals surface area contributed by atoms with Crippen molar-refractivity contribution in [2.24, 2.45) is 0 Å². The molecular weight excluding hydrogens is 326 g/mol. The summed E-state index contributed by atoms with van der Waals surface area (Å²) in [6, 6.07) is 7.85. The van der Waals surface area contributed by atoms with E-state index < -0.39 is 0 Å². The predicted molar refractivity (Wildman–Crippen MR) is 105 cm³/mol. The second-order valence-corrected chi connectivity index (χ2v) is 6.31. The maximum absolute atomic E-state index is 11.5. The molecule has 0 unspecified atom stereocenters. The van der Waals surface area contributed by atoms with Gasteiger partial charge in [-0.3, -0.25) is 4.68 Å². The first kappa shape index (κ1) is 19.9. The van der Waals surface area contributed by atoms with Gasteiger partial charge in [0.1, 0.15) is 5.69 Å². The Morgan fingerprint density at radius 1 is 1.12 bits per heavy atom. The Morgan fingerprint density at radius 3 is 2.69 bits per heavy atom. The Balaban J connectivity index is 1.97. The number of rotatable bonds is 11. The molecule has 1 aromatic heterocycles. The molecule has 0 amide bonds. The summed E-state index contributed by atoms with van der Waals surface area (Å²) in [5, 5.41) is 8.55. The van der Waals surface area contributed by atoms with Crippen molar-refractivity contribution in [2.45, 2.75) is 58.9 Å². The van der Waals surface area contributed by atoms with Gasteiger partial charge in [-0.15, -0.1) is 5.10 Å². The van der Waals surface area contributed by atoms with Crippen LogP contribution in [0.1, 0.15) is 57.9 Å². The first-order valence-corrected chi connectivity index (χ1v) is 9.59. The molecule has 0 aliphatic carbocycles. The van der Waals surface area contributed by atoms with E-state index in [1.54, 1.807) is 13.0 Å². The summed E-state index contributed by atoms with van der Waals surface area (Å²) in [6.45, 7) is 5.29. The molecule has 0 saturated heterocycles. The first-order chi connectivity index (χ1) is 12.7. The molecule has 2 aromatic rings. The Morgan fingerprint density at radius 2 is 1.88 bits per heavy atom. The normalized spacial score (nSPS) is 11.2. The molecule has 0 aliphatic rings. The standard InChI is InChI=1S/C21H29N3O2/c1-3-5-6-7-8-11-16-24-17-20(22-23-24)19-13-10-9-12-18(19)14-15-21(25)26-4-2/h9-10,12-15,17H,3-8,11,16H2,1-2H3/b15-14+. The minimum absolute atomic E-state index is 0.339. The van der Waals surface area contributed by atoms with E-state index in [-0.39, 0.29) is 5.97 Å². The monoisotopic (exact) mass is 355 g/mol. The average molecular weight is 355 g/mol. The van der Waals surface area contributed by atoms with Gasteiger partial charge in [0, 0.05) is 18.2 Å². The molecule has 5 heteroatoms. The van der Waals surface area contributed by atoms with Crippen molar-refractivity contribution in [3.05, 3.63) is 42.1 Å². The SMILES string of the molecule is CCCCCCCCn1cc(-c2ccccc2/C=C/C(=O)OCC)nn1. The Kier molecular flexibility index (Phi) is 8.60. The Bertz CT molecular complexity index is 707. The maximum Gasteiger partial charge on any atom is 0.330 e. The van der Waals surface area contributed by atoms with Crippen LogP contribution in [0.5, 0.6) is 0 Å². The first-order valence-electron chi connectivity index (χ1n) is 9.59. The summed E-state index contributed by atoms with van der Waals surface area (Å²) < 4.78 is 6.84. The number of benzene rings is 1. The summed E-state index contributed by atoms with van der Waals surface area (Å²) in [6.07, 6.45) is 12.7. The highest BCUT2D eigenvalue weighted by Crippen LogP contribution is 2.22. The smallest absolute Gasteiger partial charge is 0.330 e. The highest BCUT2D eigenvalue weighted by Gasteiger charge is 2.08. The van der Waals surface area contributed by atoms with Gasteiger partial charge in [-0.25, -0.2) is 4.79 Å². The lowest BCUT2D eigenvalue weighted by Gasteiger charge is -2.02. The summed E-state index contributed by atoms with van der Waals surface area (Å²) in [7, 11) is 0. The molecule has 1 heterocycles. The molecule has 0 saturated carbocycles. The van der Waals surface area contributed by atoms with Crippen molar-refractivity contribution in [1.29, 1.82) is 0 Å². The number of ether oxygens (including phenoxy) is 1. The molecule has 0 radical (unpaired) electrons. The largest absolute Gasteiger partial charge is 0.463 e. The fourth-order valence-electron chi connectivity index (χ4n) is 2.81. The zero-order valence-electron chi connectivity index (χ0n) is 15.9. The number of nitrogens with zero attached hydrogens (tertiary/aromatic N) is 3. The second-order valence-electron chi connectivity index (χ2n) is 6.31. The van der Waals surface area contributed by atoms with Gasteiger partial charge in [0.15, 0.2) is 0 Å². The lowest BCUT2D eigenvalue weighted by molar-refractivity contribution is -0.137. The highest BCUT2D eigenvalue weighted by atomic mass is 16.5. The van der Waals surface area contributed by atoms with Gasteiger partial charge in [-0.2, -0.15) is 0 Å². The number of hydrogen-bond donors (Lipinski definition) is 0. The molecule has 2 rings (SSSR count). The number of aromatic nitrogens is 3. The van der Waals surface area contributed by atoms with Gasteiger partial charge >= 0.3 is 5.97 Å². The number of carbonyl (C=O) groups is 1. The molecule has 0 fully saturated rings. The minimum atomic E-state index is -0.339.